The lowest BCUT2D eigenvalue weighted by atomic mass is 10.2. The lowest BCUT2D eigenvalue weighted by Gasteiger charge is -2.20. The molecule has 1 aromatic heterocycles. The number of benzene rings is 1. The molecular formula is C21H27N3O6S. The molecule has 3 rings (SSSR count). The van der Waals surface area contributed by atoms with E-state index in [9.17, 15) is 18.0 Å². The molecule has 1 fully saturated rings. The molecule has 9 nitrogen and oxygen atoms in total. The maximum absolute atomic E-state index is 13.0. The molecule has 168 valence electrons. The number of nitrogens with one attached hydrogen (secondary N) is 1. The number of methoxy groups -OCH3 is 2. The van der Waals surface area contributed by atoms with Gasteiger partial charge in [0.25, 0.3) is 5.56 Å². The van der Waals surface area contributed by atoms with E-state index in [-0.39, 0.29) is 11.4 Å². The summed E-state index contributed by atoms with van der Waals surface area (Å²) in [6.07, 6.45) is 4.88. The van der Waals surface area contributed by atoms with E-state index >= 15 is 0 Å². The van der Waals surface area contributed by atoms with Gasteiger partial charge in [-0.2, -0.15) is 4.31 Å². The minimum absolute atomic E-state index is 0.312. The van der Waals surface area contributed by atoms with Crippen molar-refractivity contribution >= 4 is 21.6 Å². The number of anilines is 1. The number of amides is 1. The zero-order valence-electron chi connectivity index (χ0n) is 17.7. The molecule has 10 heteroatoms. The molecule has 0 radical (unpaired) electrons. The van der Waals surface area contributed by atoms with Crippen LogP contribution >= 0.6 is 0 Å². The number of carbonyl (C=O) groups excluding carboxylic acids is 1. The molecule has 2 heterocycles. The van der Waals surface area contributed by atoms with Gasteiger partial charge in [0, 0.05) is 43.2 Å². The monoisotopic (exact) mass is 449 g/mol. The minimum Gasteiger partial charge on any atom is -0.497 e. The lowest BCUT2D eigenvalue weighted by molar-refractivity contribution is -0.116. The zero-order chi connectivity index (χ0) is 22.4. The fraction of sp³-hybridized carbons (Fsp3) is 0.429. The van der Waals surface area contributed by atoms with Crippen molar-refractivity contribution in [2.45, 2.75) is 37.1 Å². The first-order valence-corrected chi connectivity index (χ1v) is 11.5. The Morgan fingerprint density at radius 1 is 1.03 bits per heavy atom. The van der Waals surface area contributed by atoms with Gasteiger partial charge in [-0.1, -0.05) is 12.8 Å². The summed E-state index contributed by atoms with van der Waals surface area (Å²) in [7, 11) is -0.924. The molecule has 31 heavy (non-hydrogen) atoms. The second kappa shape index (κ2) is 9.97. The summed E-state index contributed by atoms with van der Waals surface area (Å²) in [6.45, 7) is 0.464. The van der Waals surface area contributed by atoms with Gasteiger partial charge in [-0.05, 0) is 25.0 Å². The van der Waals surface area contributed by atoms with Crippen LogP contribution in [0.5, 0.6) is 11.5 Å². The van der Waals surface area contributed by atoms with Crippen molar-refractivity contribution in [3.05, 3.63) is 46.9 Å². The zero-order valence-corrected chi connectivity index (χ0v) is 18.5. The van der Waals surface area contributed by atoms with Crippen molar-refractivity contribution < 1.29 is 22.7 Å². The Bertz CT molecular complexity index is 1070. The molecule has 0 spiro atoms. The predicted molar refractivity (Wildman–Crippen MR) is 116 cm³/mol. The van der Waals surface area contributed by atoms with Crippen LogP contribution in [-0.2, 0) is 21.4 Å². The molecule has 0 aliphatic carbocycles. The van der Waals surface area contributed by atoms with E-state index in [1.54, 1.807) is 18.2 Å². The number of aromatic nitrogens is 1. The highest BCUT2D eigenvalue weighted by Crippen LogP contribution is 2.25. The number of hydrogen-bond donors (Lipinski definition) is 1. The summed E-state index contributed by atoms with van der Waals surface area (Å²) in [5, 5.41) is 2.68. The van der Waals surface area contributed by atoms with Gasteiger partial charge in [-0.15, -0.1) is 0 Å². The molecule has 1 aliphatic heterocycles. The maximum Gasteiger partial charge on any atom is 0.271 e. The third kappa shape index (κ3) is 5.45. The molecule has 1 aromatic carbocycles. The third-order valence-corrected chi connectivity index (χ3v) is 7.03. The predicted octanol–water partition coefficient (Wildman–Crippen LogP) is 2.07. The minimum atomic E-state index is -3.92. The summed E-state index contributed by atoms with van der Waals surface area (Å²) in [4.78, 5) is 25.1. The van der Waals surface area contributed by atoms with Crippen molar-refractivity contribution in [1.82, 2.24) is 8.87 Å². The Labute approximate surface area is 181 Å². The van der Waals surface area contributed by atoms with Crippen molar-refractivity contribution in [3.8, 4) is 11.5 Å². The quantitative estimate of drug-likeness (QED) is 0.694. The van der Waals surface area contributed by atoms with Gasteiger partial charge in [0.2, 0.25) is 15.9 Å². The van der Waals surface area contributed by atoms with E-state index in [2.05, 4.69) is 5.32 Å². The van der Waals surface area contributed by atoms with Gasteiger partial charge in [0.15, 0.2) is 0 Å². The Morgan fingerprint density at radius 3 is 2.23 bits per heavy atom. The number of rotatable bonds is 7. The molecule has 0 atom stereocenters. The Morgan fingerprint density at radius 2 is 1.65 bits per heavy atom. The van der Waals surface area contributed by atoms with Gasteiger partial charge in [-0.25, -0.2) is 8.42 Å². The Kier molecular flexibility index (Phi) is 7.34. The van der Waals surface area contributed by atoms with Crippen LogP contribution in [0.1, 0.15) is 25.7 Å². The molecular weight excluding hydrogens is 422 g/mol. The van der Waals surface area contributed by atoms with E-state index in [0.717, 1.165) is 30.3 Å². The van der Waals surface area contributed by atoms with Crippen LogP contribution in [0.25, 0.3) is 0 Å². The van der Waals surface area contributed by atoms with Crippen molar-refractivity contribution in [1.29, 1.82) is 0 Å². The molecule has 0 saturated carbocycles. The van der Waals surface area contributed by atoms with Gasteiger partial charge in [0.05, 0.1) is 14.2 Å². The summed E-state index contributed by atoms with van der Waals surface area (Å²) in [5.41, 5.74) is -0.285. The number of sulfonamides is 1. The summed E-state index contributed by atoms with van der Waals surface area (Å²) in [6, 6.07) is 7.65. The molecule has 1 amide bonds. The largest absolute Gasteiger partial charge is 0.497 e. The number of carbonyl (C=O) groups is 1. The second-order valence-corrected chi connectivity index (χ2v) is 9.18. The molecule has 0 bridgehead atoms. The highest BCUT2D eigenvalue weighted by atomic mass is 32.2. The summed E-state index contributed by atoms with van der Waals surface area (Å²) in [5.74, 6) is 0.511. The summed E-state index contributed by atoms with van der Waals surface area (Å²) < 4.78 is 38.8. The van der Waals surface area contributed by atoms with Gasteiger partial charge >= 0.3 is 0 Å². The van der Waals surface area contributed by atoms with E-state index in [1.807, 2.05) is 0 Å². The van der Waals surface area contributed by atoms with Crippen LogP contribution in [0.3, 0.4) is 0 Å². The highest BCUT2D eigenvalue weighted by molar-refractivity contribution is 7.89. The van der Waals surface area contributed by atoms with Gasteiger partial charge in [-0.3, -0.25) is 9.59 Å². The SMILES string of the molecule is COc1cc(NC(=O)Cn2cccc(S(=O)(=O)N3CCCCCC3)c2=O)cc(OC)c1. The molecule has 2 aromatic rings. The first-order valence-electron chi connectivity index (χ1n) is 10.1. The average Bonchev–Trinajstić information content (AvgIpc) is 3.05. The van der Waals surface area contributed by atoms with Crippen LogP contribution < -0.4 is 20.3 Å². The van der Waals surface area contributed by atoms with E-state index < -0.39 is 21.5 Å². The van der Waals surface area contributed by atoms with Crippen molar-refractivity contribution in [3.63, 3.8) is 0 Å². The number of nitrogens with zero attached hydrogens (tertiary/aromatic N) is 2. The van der Waals surface area contributed by atoms with E-state index in [1.165, 1.54) is 36.9 Å². The van der Waals surface area contributed by atoms with E-state index in [0.29, 0.717) is 30.3 Å². The lowest BCUT2D eigenvalue weighted by Crippen LogP contribution is -2.37. The Balaban J connectivity index is 1.80. The fourth-order valence-corrected chi connectivity index (χ4v) is 5.10. The van der Waals surface area contributed by atoms with Crippen molar-refractivity contribution in [2.24, 2.45) is 0 Å². The van der Waals surface area contributed by atoms with Crippen molar-refractivity contribution in [2.75, 3.05) is 32.6 Å². The van der Waals surface area contributed by atoms with Crippen LogP contribution in [0.2, 0.25) is 0 Å². The topological polar surface area (TPSA) is 107 Å². The fourth-order valence-electron chi connectivity index (χ4n) is 3.49. The number of pyridine rings is 1. The van der Waals surface area contributed by atoms with Crippen LogP contribution in [0.4, 0.5) is 5.69 Å². The van der Waals surface area contributed by atoms with E-state index in [4.69, 9.17) is 9.47 Å². The molecule has 1 N–H and O–H groups in total. The first kappa shape index (κ1) is 22.8. The third-order valence-electron chi connectivity index (χ3n) is 5.12. The number of ether oxygens (including phenoxy) is 2. The average molecular weight is 450 g/mol. The smallest absolute Gasteiger partial charge is 0.271 e. The van der Waals surface area contributed by atoms with Gasteiger partial charge < -0.3 is 19.4 Å². The Hall–Kier alpha value is -2.85. The second-order valence-electron chi connectivity index (χ2n) is 7.27. The molecule has 1 saturated heterocycles. The van der Waals surface area contributed by atoms with Crippen LogP contribution in [0, 0.1) is 0 Å². The normalized spacial score (nSPS) is 15.2. The van der Waals surface area contributed by atoms with Gasteiger partial charge in [0.1, 0.15) is 22.9 Å². The standard InChI is InChI=1S/C21H27N3O6S/c1-29-17-12-16(13-18(14-17)30-2)22-20(25)15-23-9-7-8-19(21(23)26)31(27,28)24-10-5-3-4-6-11-24/h7-9,12-14H,3-6,10-11,15H2,1-2H3,(H,22,25). The maximum atomic E-state index is 13.0. The highest BCUT2D eigenvalue weighted by Gasteiger charge is 2.28. The number of hydrogen-bond acceptors (Lipinski definition) is 6. The van der Waals surface area contributed by atoms with Crippen LogP contribution in [0.15, 0.2) is 46.2 Å². The van der Waals surface area contributed by atoms with Crippen LogP contribution in [-0.4, -0.2) is 50.5 Å². The molecule has 0 unspecified atom stereocenters. The molecule has 1 aliphatic rings. The summed E-state index contributed by atoms with van der Waals surface area (Å²) >= 11 is 0. The first-order chi connectivity index (χ1) is 14.8.